The first-order valence-electron chi connectivity index (χ1n) is 6.69. The normalized spacial score (nSPS) is 21.7. The zero-order valence-corrected chi connectivity index (χ0v) is 12.4. The molecule has 1 aliphatic rings. The van der Waals surface area contributed by atoms with Gasteiger partial charge in [-0.25, -0.2) is 0 Å². The fourth-order valence-electron chi connectivity index (χ4n) is 2.57. The Balaban J connectivity index is 2.48. The molecule has 2 rings (SSSR count). The summed E-state index contributed by atoms with van der Waals surface area (Å²) in [4.78, 5) is 24.7. The summed E-state index contributed by atoms with van der Waals surface area (Å²) in [5.41, 5.74) is 0.193. The van der Waals surface area contributed by atoms with Crippen LogP contribution in [-0.4, -0.2) is 25.8 Å². The number of ketones is 2. The fraction of sp³-hybridized carbons (Fsp3) is 0.500. The number of benzene rings is 1. The molecular weight excluding hydrogens is 256 g/mol. The van der Waals surface area contributed by atoms with Gasteiger partial charge < -0.3 is 9.47 Å². The summed E-state index contributed by atoms with van der Waals surface area (Å²) < 4.78 is 10.4. The lowest BCUT2D eigenvalue weighted by Gasteiger charge is -2.33. The summed E-state index contributed by atoms with van der Waals surface area (Å²) in [6.07, 6.45) is 1.05. The van der Waals surface area contributed by atoms with Crippen molar-refractivity contribution < 1.29 is 19.1 Å². The molecule has 0 amide bonds. The van der Waals surface area contributed by atoms with Gasteiger partial charge >= 0.3 is 0 Å². The molecule has 0 radical (unpaired) electrons. The number of methoxy groups -OCH3 is 2. The second-order valence-electron chi connectivity index (χ2n) is 5.79. The average molecular weight is 276 g/mol. The molecule has 1 atom stereocenters. The van der Waals surface area contributed by atoms with Crippen LogP contribution >= 0.6 is 0 Å². The van der Waals surface area contributed by atoms with E-state index in [0.29, 0.717) is 29.9 Å². The third-order valence-electron chi connectivity index (χ3n) is 3.95. The Labute approximate surface area is 119 Å². The topological polar surface area (TPSA) is 52.6 Å². The Kier molecular flexibility index (Phi) is 3.84. The third-order valence-corrected chi connectivity index (χ3v) is 3.95. The van der Waals surface area contributed by atoms with Crippen molar-refractivity contribution in [3.8, 4) is 11.5 Å². The van der Waals surface area contributed by atoms with Crippen LogP contribution in [0.2, 0.25) is 0 Å². The molecule has 108 valence electrons. The first-order valence-corrected chi connectivity index (χ1v) is 6.69. The molecule has 1 fully saturated rings. The predicted molar refractivity (Wildman–Crippen MR) is 75.3 cm³/mol. The van der Waals surface area contributed by atoms with Crippen molar-refractivity contribution in [1.29, 1.82) is 0 Å². The maximum atomic E-state index is 12.6. The SMILES string of the molecule is COc1cc(OC)cc(C2C(=O)CCC(C)(C)C2=O)c1. The number of Topliss-reactive ketones (excluding diaryl/α,β-unsaturated/α-hetero) is 2. The first kappa shape index (κ1) is 14.6. The van der Waals surface area contributed by atoms with Crippen molar-refractivity contribution in [3.05, 3.63) is 23.8 Å². The smallest absolute Gasteiger partial charge is 0.153 e. The van der Waals surface area contributed by atoms with E-state index in [4.69, 9.17) is 9.47 Å². The largest absolute Gasteiger partial charge is 0.497 e. The van der Waals surface area contributed by atoms with E-state index in [0.717, 1.165) is 0 Å². The Morgan fingerprint density at radius 1 is 1.05 bits per heavy atom. The van der Waals surface area contributed by atoms with Gasteiger partial charge in [0.1, 0.15) is 23.2 Å². The highest BCUT2D eigenvalue weighted by Crippen LogP contribution is 2.40. The molecule has 0 aliphatic heterocycles. The van der Waals surface area contributed by atoms with E-state index < -0.39 is 11.3 Å². The average Bonchev–Trinajstić information content (AvgIpc) is 2.43. The molecule has 1 unspecified atom stereocenters. The molecule has 0 bridgehead atoms. The Morgan fingerprint density at radius 2 is 1.60 bits per heavy atom. The van der Waals surface area contributed by atoms with Crippen LogP contribution < -0.4 is 9.47 Å². The highest BCUT2D eigenvalue weighted by atomic mass is 16.5. The van der Waals surface area contributed by atoms with Gasteiger partial charge in [-0.3, -0.25) is 9.59 Å². The maximum absolute atomic E-state index is 12.6. The van der Waals surface area contributed by atoms with E-state index in [-0.39, 0.29) is 11.6 Å². The zero-order chi connectivity index (χ0) is 14.9. The van der Waals surface area contributed by atoms with Crippen LogP contribution in [0.15, 0.2) is 18.2 Å². The number of carbonyl (C=O) groups is 2. The zero-order valence-electron chi connectivity index (χ0n) is 12.4. The van der Waals surface area contributed by atoms with Crippen LogP contribution in [0.4, 0.5) is 0 Å². The second-order valence-corrected chi connectivity index (χ2v) is 5.79. The molecule has 1 aliphatic carbocycles. The van der Waals surface area contributed by atoms with Crippen LogP contribution in [0.1, 0.15) is 38.2 Å². The summed E-state index contributed by atoms with van der Waals surface area (Å²) in [7, 11) is 3.10. The van der Waals surface area contributed by atoms with Crippen molar-refractivity contribution in [2.45, 2.75) is 32.6 Å². The number of hydrogen-bond donors (Lipinski definition) is 0. The Morgan fingerprint density at radius 3 is 2.10 bits per heavy atom. The number of carbonyl (C=O) groups excluding carboxylic acids is 2. The van der Waals surface area contributed by atoms with E-state index in [1.165, 1.54) is 0 Å². The molecule has 0 heterocycles. The van der Waals surface area contributed by atoms with Gasteiger partial charge in [0.25, 0.3) is 0 Å². The third kappa shape index (κ3) is 2.55. The monoisotopic (exact) mass is 276 g/mol. The van der Waals surface area contributed by atoms with E-state index in [1.807, 2.05) is 13.8 Å². The molecule has 1 aromatic rings. The van der Waals surface area contributed by atoms with Crippen molar-refractivity contribution in [2.24, 2.45) is 5.41 Å². The van der Waals surface area contributed by atoms with Crippen molar-refractivity contribution >= 4 is 11.6 Å². The van der Waals surface area contributed by atoms with Crippen LogP contribution in [0.25, 0.3) is 0 Å². The predicted octanol–water partition coefficient (Wildman–Crippen LogP) is 2.75. The lowest BCUT2D eigenvalue weighted by molar-refractivity contribution is -0.139. The molecule has 4 nitrogen and oxygen atoms in total. The van der Waals surface area contributed by atoms with Crippen molar-refractivity contribution in [1.82, 2.24) is 0 Å². The van der Waals surface area contributed by atoms with E-state index in [9.17, 15) is 9.59 Å². The summed E-state index contributed by atoms with van der Waals surface area (Å²) in [6.45, 7) is 3.79. The first-order chi connectivity index (χ1) is 9.39. The minimum atomic E-state index is -0.706. The Bertz CT molecular complexity index is 523. The number of ether oxygens (including phenoxy) is 2. The van der Waals surface area contributed by atoms with Gasteiger partial charge in [-0.15, -0.1) is 0 Å². The minimum absolute atomic E-state index is 0.0235. The fourth-order valence-corrected chi connectivity index (χ4v) is 2.57. The van der Waals surface area contributed by atoms with E-state index in [2.05, 4.69) is 0 Å². The molecule has 20 heavy (non-hydrogen) atoms. The molecular formula is C16H20O4. The van der Waals surface area contributed by atoms with Crippen LogP contribution in [0, 0.1) is 5.41 Å². The minimum Gasteiger partial charge on any atom is -0.497 e. The lowest BCUT2D eigenvalue weighted by Crippen LogP contribution is -2.39. The van der Waals surface area contributed by atoms with Gasteiger partial charge in [0.2, 0.25) is 0 Å². The molecule has 0 saturated heterocycles. The van der Waals surface area contributed by atoms with Gasteiger partial charge in [-0.2, -0.15) is 0 Å². The van der Waals surface area contributed by atoms with Crippen LogP contribution in [0.5, 0.6) is 11.5 Å². The van der Waals surface area contributed by atoms with Crippen LogP contribution in [0.3, 0.4) is 0 Å². The van der Waals surface area contributed by atoms with Gasteiger partial charge in [-0.1, -0.05) is 13.8 Å². The summed E-state index contributed by atoms with van der Waals surface area (Å²) in [6, 6.07) is 5.21. The van der Waals surface area contributed by atoms with Crippen LogP contribution in [-0.2, 0) is 9.59 Å². The van der Waals surface area contributed by atoms with Crippen molar-refractivity contribution in [2.75, 3.05) is 14.2 Å². The van der Waals surface area contributed by atoms with E-state index >= 15 is 0 Å². The standard InChI is InChI=1S/C16H20O4/c1-16(2)6-5-13(17)14(15(16)18)10-7-11(19-3)9-12(8-10)20-4/h7-9,14H,5-6H2,1-4H3. The molecule has 0 spiro atoms. The van der Waals surface area contributed by atoms with E-state index in [1.54, 1.807) is 32.4 Å². The lowest BCUT2D eigenvalue weighted by atomic mass is 9.68. The molecule has 1 saturated carbocycles. The number of hydrogen-bond acceptors (Lipinski definition) is 4. The van der Waals surface area contributed by atoms with Gasteiger partial charge in [0.05, 0.1) is 14.2 Å². The van der Waals surface area contributed by atoms with Crippen molar-refractivity contribution in [3.63, 3.8) is 0 Å². The highest BCUT2D eigenvalue weighted by Gasteiger charge is 2.43. The van der Waals surface area contributed by atoms with Gasteiger partial charge in [0, 0.05) is 17.9 Å². The summed E-state index contributed by atoms with van der Waals surface area (Å²) >= 11 is 0. The maximum Gasteiger partial charge on any atom is 0.153 e. The summed E-state index contributed by atoms with van der Waals surface area (Å²) in [5, 5.41) is 0. The van der Waals surface area contributed by atoms with Gasteiger partial charge in [0.15, 0.2) is 5.78 Å². The molecule has 1 aromatic carbocycles. The number of rotatable bonds is 3. The summed E-state index contributed by atoms with van der Waals surface area (Å²) in [5.74, 6) is 0.420. The molecule has 0 N–H and O–H groups in total. The Hall–Kier alpha value is -1.84. The molecule has 0 aromatic heterocycles. The second kappa shape index (κ2) is 5.27. The quantitative estimate of drug-likeness (QED) is 0.797. The van der Waals surface area contributed by atoms with Gasteiger partial charge in [-0.05, 0) is 24.1 Å². The highest BCUT2D eigenvalue weighted by molar-refractivity contribution is 6.11. The molecule has 4 heteroatoms.